The molecule has 0 aliphatic carbocycles. The van der Waals surface area contributed by atoms with E-state index in [4.69, 9.17) is 4.74 Å². The van der Waals surface area contributed by atoms with E-state index in [1.165, 1.54) is 26.1 Å². The molecule has 7 heteroatoms. The van der Waals surface area contributed by atoms with Gasteiger partial charge in [0.15, 0.2) is 0 Å². The number of amides is 1. The number of alkyl halides is 3. The van der Waals surface area contributed by atoms with E-state index in [9.17, 15) is 22.8 Å². The molecule has 116 valence electrons. The number of carbonyl (C=O) groups is 2. The first-order chi connectivity index (χ1) is 9.68. The smallest absolute Gasteiger partial charge is 0.416 e. The lowest BCUT2D eigenvalue weighted by atomic mass is 10.1. The number of nitrogens with zero attached hydrogens (tertiary/aromatic N) is 1. The van der Waals surface area contributed by atoms with Gasteiger partial charge < -0.3 is 9.64 Å². The molecular weight excluding hydrogens is 287 g/mol. The Hall–Kier alpha value is -2.05. The van der Waals surface area contributed by atoms with Crippen molar-refractivity contribution in [1.82, 2.24) is 0 Å². The maximum Gasteiger partial charge on any atom is 0.416 e. The Bertz CT molecular complexity index is 511. The molecule has 0 aromatic heterocycles. The summed E-state index contributed by atoms with van der Waals surface area (Å²) in [5.74, 6) is -2.23. The Morgan fingerprint density at radius 3 is 2.19 bits per heavy atom. The van der Waals surface area contributed by atoms with Gasteiger partial charge in [0.05, 0.1) is 12.2 Å². The molecule has 0 aliphatic rings. The van der Waals surface area contributed by atoms with Crippen LogP contribution in [0.4, 0.5) is 18.9 Å². The molecule has 0 aliphatic heterocycles. The fourth-order valence-electron chi connectivity index (χ4n) is 1.66. The summed E-state index contributed by atoms with van der Waals surface area (Å²) in [6.07, 6.45) is -4.43. The number of benzene rings is 1. The number of ether oxygens (including phenoxy) is 1. The van der Waals surface area contributed by atoms with E-state index in [0.29, 0.717) is 0 Å². The van der Waals surface area contributed by atoms with E-state index in [1.807, 2.05) is 0 Å². The zero-order chi connectivity index (χ0) is 16.2. The molecule has 0 bridgehead atoms. The van der Waals surface area contributed by atoms with Gasteiger partial charge in [-0.1, -0.05) is 0 Å². The van der Waals surface area contributed by atoms with Crippen LogP contribution in [0.1, 0.15) is 19.4 Å². The third-order valence-corrected chi connectivity index (χ3v) is 2.92. The molecule has 21 heavy (non-hydrogen) atoms. The standard InChI is InChI=1S/C14H16F3NO3/c1-4-21-13(20)9(2)12(19)18(3)11-7-5-10(6-8-11)14(15,16)17/h5-9H,4H2,1-3H3. The Morgan fingerprint density at radius 2 is 1.76 bits per heavy atom. The first-order valence-corrected chi connectivity index (χ1v) is 6.30. The molecule has 1 aromatic carbocycles. The first-order valence-electron chi connectivity index (χ1n) is 6.30. The van der Waals surface area contributed by atoms with E-state index in [2.05, 4.69) is 0 Å². The summed E-state index contributed by atoms with van der Waals surface area (Å²) in [6, 6.07) is 4.12. The van der Waals surface area contributed by atoms with Crippen molar-refractivity contribution in [3.63, 3.8) is 0 Å². The van der Waals surface area contributed by atoms with Crippen molar-refractivity contribution < 1.29 is 27.5 Å². The number of rotatable bonds is 4. The van der Waals surface area contributed by atoms with Gasteiger partial charge in [-0.15, -0.1) is 0 Å². The van der Waals surface area contributed by atoms with Gasteiger partial charge in [-0.2, -0.15) is 13.2 Å². The third-order valence-electron chi connectivity index (χ3n) is 2.92. The van der Waals surface area contributed by atoms with Crippen molar-refractivity contribution in [2.75, 3.05) is 18.6 Å². The fourth-order valence-corrected chi connectivity index (χ4v) is 1.66. The van der Waals surface area contributed by atoms with Gasteiger partial charge in [0.2, 0.25) is 5.91 Å². The highest BCUT2D eigenvalue weighted by Gasteiger charge is 2.31. The zero-order valence-corrected chi connectivity index (χ0v) is 11.9. The molecule has 0 saturated carbocycles. The maximum atomic E-state index is 12.5. The van der Waals surface area contributed by atoms with Crippen molar-refractivity contribution in [2.24, 2.45) is 5.92 Å². The number of anilines is 1. The van der Waals surface area contributed by atoms with Gasteiger partial charge in [0.25, 0.3) is 0 Å². The largest absolute Gasteiger partial charge is 0.465 e. The highest BCUT2D eigenvalue weighted by molar-refractivity contribution is 6.05. The summed E-state index contributed by atoms with van der Waals surface area (Å²) in [5, 5.41) is 0. The zero-order valence-electron chi connectivity index (χ0n) is 11.9. The van der Waals surface area contributed by atoms with Crippen LogP contribution in [0, 0.1) is 5.92 Å². The molecule has 1 unspecified atom stereocenters. The van der Waals surface area contributed by atoms with Crippen molar-refractivity contribution in [3.8, 4) is 0 Å². The lowest BCUT2D eigenvalue weighted by Gasteiger charge is -2.21. The predicted molar refractivity (Wildman–Crippen MR) is 70.7 cm³/mol. The Kier molecular flexibility index (Phi) is 5.34. The molecule has 1 aromatic rings. The summed E-state index contributed by atoms with van der Waals surface area (Å²) in [7, 11) is 1.39. The molecule has 1 atom stereocenters. The molecule has 0 fully saturated rings. The molecule has 1 amide bonds. The first kappa shape index (κ1) is 17.0. The van der Waals surface area contributed by atoms with E-state index < -0.39 is 29.5 Å². The number of esters is 1. The summed E-state index contributed by atoms with van der Waals surface area (Å²) < 4.78 is 42.1. The molecule has 1 rings (SSSR count). The van der Waals surface area contributed by atoms with Gasteiger partial charge in [-0.3, -0.25) is 9.59 Å². The van der Waals surface area contributed by atoms with Crippen LogP contribution in [0.2, 0.25) is 0 Å². The maximum absolute atomic E-state index is 12.5. The monoisotopic (exact) mass is 303 g/mol. The average Bonchev–Trinajstić information content (AvgIpc) is 2.44. The van der Waals surface area contributed by atoms with Gasteiger partial charge in [-0.05, 0) is 38.1 Å². The van der Waals surface area contributed by atoms with E-state index >= 15 is 0 Å². The van der Waals surface area contributed by atoms with Crippen LogP contribution in [-0.2, 0) is 20.5 Å². The number of carbonyl (C=O) groups excluding carboxylic acids is 2. The van der Waals surface area contributed by atoms with Crippen LogP contribution in [0.5, 0.6) is 0 Å². The highest BCUT2D eigenvalue weighted by Crippen LogP contribution is 2.30. The average molecular weight is 303 g/mol. The van der Waals surface area contributed by atoms with Crippen molar-refractivity contribution in [1.29, 1.82) is 0 Å². The molecule has 0 radical (unpaired) electrons. The van der Waals surface area contributed by atoms with Crippen LogP contribution in [0.15, 0.2) is 24.3 Å². The van der Waals surface area contributed by atoms with Crippen molar-refractivity contribution in [2.45, 2.75) is 20.0 Å². The lowest BCUT2D eigenvalue weighted by Crippen LogP contribution is -2.36. The molecule has 4 nitrogen and oxygen atoms in total. The molecule has 0 saturated heterocycles. The Morgan fingerprint density at radius 1 is 1.24 bits per heavy atom. The van der Waals surface area contributed by atoms with E-state index in [-0.39, 0.29) is 12.3 Å². The molecule has 0 N–H and O–H groups in total. The Labute approximate surface area is 120 Å². The van der Waals surface area contributed by atoms with Crippen LogP contribution in [0.3, 0.4) is 0 Å². The SMILES string of the molecule is CCOC(=O)C(C)C(=O)N(C)c1ccc(C(F)(F)F)cc1. The summed E-state index contributed by atoms with van der Waals surface area (Å²) >= 11 is 0. The number of hydrogen-bond donors (Lipinski definition) is 0. The van der Waals surface area contributed by atoms with Gasteiger partial charge in [0, 0.05) is 12.7 Å². The van der Waals surface area contributed by atoms with Gasteiger partial charge in [-0.25, -0.2) is 0 Å². The minimum atomic E-state index is -4.43. The third kappa shape index (κ3) is 4.21. The lowest BCUT2D eigenvalue weighted by molar-refractivity contribution is -0.150. The van der Waals surface area contributed by atoms with Crippen LogP contribution < -0.4 is 4.90 Å². The van der Waals surface area contributed by atoms with Crippen LogP contribution in [0.25, 0.3) is 0 Å². The minimum absolute atomic E-state index is 0.153. The molecular formula is C14H16F3NO3. The second-order valence-corrected chi connectivity index (χ2v) is 4.42. The minimum Gasteiger partial charge on any atom is -0.465 e. The van der Waals surface area contributed by atoms with E-state index in [1.54, 1.807) is 6.92 Å². The van der Waals surface area contributed by atoms with Crippen LogP contribution in [-0.4, -0.2) is 25.5 Å². The summed E-state index contributed by atoms with van der Waals surface area (Å²) in [4.78, 5) is 24.7. The normalized spacial score (nSPS) is 12.7. The predicted octanol–water partition coefficient (Wildman–Crippen LogP) is 2.87. The van der Waals surface area contributed by atoms with Gasteiger partial charge in [0.1, 0.15) is 5.92 Å². The van der Waals surface area contributed by atoms with E-state index in [0.717, 1.165) is 17.0 Å². The number of hydrogen-bond acceptors (Lipinski definition) is 3. The van der Waals surface area contributed by atoms with Crippen LogP contribution >= 0.6 is 0 Å². The molecule has 0 heterocycles. The van der Waals surface area contributed by atoms with Crippen molar-refractivity contribution in [3.05, 3.63) is 29.8 Å². The highest BCUT2D eigenvalue weighted by atomic mass is 19.4. The topological polar surface area (TPSA) is 46.6 Å². The number of halogens is 3. The Balaban J connectivity index is 2.86. The van der Waals surface area contributed by atoms with Gasteiger partial charge >= 0.3 is 12.1 Å². The quantitative estimate of drug-likeness (QED) is 0.635. The summed E-state index contributed by atoms with van der Waals surface area (Å²) in [5.41, 5.74) is -0.533. The second-order valence-electron chi connectivity index (χ2n) is 4.42. The molecule has 0 spiro atoms. The van der Waals surface area contributed by atoms with Crippen molar-refractivity contribution >= 4 is 17.6 Å². The second kappa shape index (κ2) is 6.60. The summed E-state index contributed by atoms with van der Waals surface area (Å²) in [6.45, 7) is 3.16. The fraction of sp³-hybridized carbons (Fsp3) is 0.429.